The number of nitrogens with one attached hydrogen (secondary N) is 2. The molecule has 114 valence electrons. The van der Waals surface area contributed by atoms with Gasteiger partial charge in [0.15, 0.2) is 0 Å². The third-order valence-electron chi connectivity index (χ3n) is 2.37. The molecule has 5 nitrogen and oxygen atoms in total. The Labute approximate surface area is 121 Å². The fourth-order valence-corrected chi connectivity index (χ4v) is 1.28. The predicted molar refractivity (Wildman–Crippen MR) is 80.3 cm³/mol. The van der Waals surface area contributed by atoms with Crippen LogP contribution in [0.4, 0.5) is 0 Å². The van der Waals surface area contributed by atoms with E-state index in [4.69, 9.17) is 4.74 Å². The number of carbonyl (C=O) groups is 2. The quantitative estimate of drug-likeness (QED) is 0.472. The molecule has 0 spiro atoms. The first-order chi connectivity index (χ1) is 9.43. The Kier molecular flexibility index (Phi) is 10.3. The summed E-state index contributed by atoms with van der Waals surface area (Å²) in [6.07, 6.45) is 4.98. The molecule has 2 amide bonds. The summed E-state index contributed by atoms with van der Waals surface area (Å²) < 4.78 is 5.28. The van der Waals surface area contributed by atoms with Crippen LogP contribution in [0.1, 0.15) is 33.6 Å². The van der Waals surface area contributed by atoms with Crippen LogP contribution in [0, 0.1) is 0 Å². The zero-order valence-corrected chi connectivity index (χ0v) is 12.7. The van der Waals surface area contributed by atoms with Crippen LogP contribution in [0.2, 0.25) is 0 Å². The smallest absolute Gasteiger partial charge is 0.246 e. The third-order valence-corrected chi connectivity index (χ3v) is 2.37. The molecule has 5 heteroatoms. The maximum absolute atomic E-state index is 11.4. The minimum Gasteiger partial charge on any atom is -0.375 e. The number of ether oxygens (including phenoxy) is 1. The molecule has 0 aromatic carbocycles. The fraction of sp³-hybridized carbons (Fsp3) is 0.600. The molecule has 0 saturated carbocycles. The van der Waals surface area contributed by atoms with E-state index in [0.717, 1.165) is 12.8 Å². The highest BCUT2D eigenvalue weighted by Gasteiger charge is 1.99. The molecular formula is C15H26N2O3. The fourth-order valence-electron chi connectivity index (χ4n) is 1.28. The van der Waals surface area contributed by atoms with E-state index in [9.17, 15) is 9.59 Å². The number of unbranched alkanes of at least 4 members (excludes halogenated alkanes) is 1. The van der Waals surface area contributed by atoms with Gasteiger partial charge in [-0.2, -0.15) is 0 Å². The minimum atomic E-state index is -0.123. The molecule has 0 unspecified atom stereocenters. The summed E-state index contributed by atoms with van der Waals surface area (Å²) >= 11 is 0. The van der Waals surface area contributed by atoms with Gasteiger partial charge in [-0.3, -0.25) is 9.59 Å². The third kappa shape index (κ3) is 11.5. The SMILES string of the molecule is C=C(C)C(=O)NCCCCNC(=O)/C=C/COC(C)C. The molecule has 0 aliphatic rings. The molecule has 0 bridgehead atoms. The van der Waals surface area contributed by atoms with Gasteiger partial charge in [-0.15, -0.1) is 0 Å². The average Bonchev–Trinajstić information content (AvgIpc) is 2.38. The Morgan fingerprint density at radius 2 is 1.80 bits per heavy atom. The lowest BCUT2D eigenvalue weighted by Crippen LogP contribution is -2.26. The van der Waals surface area contributed by atoms with Crippen molar-refractivity contribution in [1.29, 1.82) is 0 Å². The van der Waals surface area contributed by atoms with Gasteiger partial charge in [0, 0.05) is 24.7 Å². The lowest BCUT2D eigenvalue weighted by Gasteiger charge is -2.05. The van der Waals surface area contributed by atoms with Crippen LogP contribution in [-0.2, 0) is 14.3 Å². The normalized spacial score (nSPS) is 10.8. The lowest BCUT2D eigenvalue weighted by molar-refractivity contribution is -0.118. The van der Waals surface area contributed by atoms with E-state index in [1.807, 2.05) is 13.8 Å². The average molecular weight is 282 g/mol. The summed E-state index contributed by atoms with van der Waals surface area (Å²) in [6.45, 7) is 10.7. The van der Waals surface area contributed by atoms with Crippen LogP contribution in [0.25, 0.3) is 0 Å². The number of amides is 2. The standard InChI is InChI=1S/C15H26N2O3/c1-12(2)15(19)17-10-6-5-9-16-14(18)8-7-11-20-13(3)4/h7-8,13H,1,5-6,9-11H2,2-4H3,(H,16,18)(H,17,19)/b8-7+. The maximum atomic E-state index is 11.4. The molecule has 0 rings (SSSR count). The van der Waals surface area contributed by atoms with Gasteiger partial charge in [0.25, 0.3) is 0 Å². The summed E-state index contributed by atoms with van der Waals surface area (Å²) in [5.41, 5.74) is 0.507. The first-order valence-corrected chi connectivity index (χ1v) is 6.93. The molecule has 0 aromatic heterocycles. The van der Waals surface area contributed by atoms with Crippen LogP contribution in [0.15, 0.2) is 24.3 Å². The van der Waals surface area contributed by atoms with Crippen molar-refractivity contribution in [1.82, 2.24) is 10.6 Å². The zero-order chi connectivity index (χ0) is 15.4. The number of hydrogen-bond acceptors (Lipinski definition) is 3. The summed E-state index contributed by atoms with van der Waals surface area (Å²) in [7, 11) is 0. The minimum absolute atomic E-state index is 0.122. The van der Waals surface area contributed by atoms with Crippen molar-refractivity contribution in [2.45, 2.75) is 39.7 Å². The van der Waals surface area contributed by atoms with Crippen molar-refractivity contribution in [3.8, 4) is 0 Å². The molecule has 0 heterocycles. The van der Waals surface area contributed by atoms with Crippen LogP contribution in [-0.4, -0.2) is 37.6 Å². The van der Waals surface area contributed by atoms with Crippen LogP contribution < -0.4 is 10.6 Å². The van der Waals surface area contributed by atoms with Gasteiger partial charge in [0.05, 0.1) is 12.7 Å². The lowest BCUT2D eigenvalue weighted by atomic mass is 10.3. The van der Waals surface area contributed by atoms with Crippen LogP contribution >= 0.6 is 0 Å². The molecular weight excluding hydrogens is 256 g/mol. The first kappa shape index (κ1) is 18.4. The second-order valence-electron chi connectivity index (χ2n) is 4.82. The first-order valence-electron chi connectivity index (χ1n) is 6.93. The van der Waals surface area contributed by atoms with E-state index in [1.54, 1.807) is 13.0 Å². The van der Waals surface area contributed by atoms with E-state index in [-0.39, 0.29) is 17.9 Å². The van der Waals surface area contributed by atoms with Crippen molar-refractivity contribution >= 4 is 11.8 Å². The molecule has 0 saturated heterocycles. The van der Waals surface area contributed by atoms with E-state index in [1.165, 1.54) is 6.08 Å². The van der Waals surface area contributed by atoms with Crippen LogP contribution in [0.5, 0.6) is 0 Å². The Hall–Kier alpha value is -1.62. The van der Waals surface area contributed by atoms with E-state index >= 15 is 0 Å². The summed E-state index contributed by atoms with van der Waals surface area (Å²) in [5, 5.41) is 5.51. The van der Waals surface area contributed by atoms with Crippen LogP contribution in [0.3, 0.4) is 0 Å². The zero-order valence-electron chi connectivity index (χ0n) is 12.7. The van der Waals surface area contributed by atoms with Crippen molar-refractivity contribution in [2.75, 3.05) is 19.7 Å². The summed E-state index contributed by atoms with van der Waals surface area (Å²) in [6, 6.07) is 0. The Bertz CT molecular complexity index is 349. The second kappa shape index (κ2) is 11.2. The van der Waals surface area contributed by atoms with Gasteiger partial charge in [0.2, 0.25) is 11.8 Å². The number of hydrogen-bond donors (Lipinski definition) is 2. The topological polar surface area (TPSA) is 67.4 Å². The highest BCUT2D eigenvalue weighted by molar-refractivity contribution is 5.92. The highest BCUT2D eigenvalue weighted by Crippen LogP contribution is 1.90. The highest BCUT2D eigenvalue weighted by atomic mass is 16.5. The predicted octanol–water partition coefficient (Wildman–Crippen LogP) is 1.56. The van der Waals surface area contributed by atoms with Crippen molar-refractivity contribution in [2.24, 2.45) is 0 Å². The van der Waals surface area contributed by atoms with Gasteiger partial charge in [-0.25, -0.2) is 0 Å². The van der Waals surface area contributed by atoms with Crippen molar-refractivity contribution in [3.05, 3.63) is 24.3 Å². The van der Waals surface area contributed by atoms with Crippen molar-refractivity contribution < 1.29 is 14.3 Å². The van der Waals surface area contributed by atoms with Crippen molar-refractivity contribution in [3.63, 3.8) is 0 Å². The molecule has 0 atom stereocenters. The number of carbonyl (C=O) groups excluding carboxylic acids is 2. The van der Waals surface area contributed by atoms with Gasteiger partial charge in [-0.05, 0) is 33.6 Å². The summed E-state index contributed by atoms with van der Waals surface area (Å²) in [4.78, 5) is 22.6. The van der Waals surface area contributed by atoms with Gasteiger partial charge < -0.3 is 15.4 Å². The molecule has 0 aliphatic carbocycles. The maximum Gasteiger partial charge on any atom is 0.246 e. The van der Waals surface area contributed by atoms with Gasteiger partial charge >= 0.3 is 0 Å². The van der Waals surface area contributed by atoms with E-state index < -0.39 is 0 Å². The Morgan fingerprint density at radius 3 is 2.35 bits per heavy atom. The molecule has 0 fully saturated rings. The Balaban J connectivity index is 3.48. The molecule has 0 radical (unpaired) electrons. The van der Waals surface area contributed by atoms with Gasteiger partial charge in [0.1, 0.15) is 0 Å². The van der Waals surface area contributed by atoms with Gasteiger partial charge in [-0.1, -0.05) is 12.7 Å². The Morgan fingerprint density at radius 1 is 1.20 bits per heavy atom. The molecule has 0 aromatic rings. The molecule has 2 N–H and O–H groups in total. The number of rotatable bonds is 10. The molecule has 20 heavy (non-hydrogen) atoms. The molecule has 0 aliphatic heterocycles. The van der Waals surface area contributed by atoms with E-state index in [0.29, 0.717) is 25.3 Å². The largest absolute Gasteiger partial charge is 0.375 e. The summed E-state index contributed by atoms with van der Waals surface area (Å²) in [5.74, 6) is -0.245. The van der Waals surface area contributed by atoms with E-state index in [2.05, 4.69) is 17.2 Å². The monoisotopic (exact) mass is 282 g/mol. The second-order valence-corrected chi connectivity index (χ2v) is 4.82.